The van der Waals surface area contributed by atoms with E-state index in [-0.39, 0.29) is 25.1 Å². The molecule has 1 aromatic rings. The van der Waals surface area contributed by atoms with E-state index in [1.54, 1.807) is 0 Å². The van der Waals surface area contributed by atoms with E-state index in [0.717, 1.165) is 5.56 Å². The minimum absolute atomic E-state index is 0.00104. The molecule has 3 unspecified atom stereocenters. The van der Waals surface area contributed by atoms with Gasteiger partial charge in [0.15, 0.2) is 0 Å². The smallest absolute Gasteiger partial charge is 0.410 e. The normalized spacial score (nSPS) is 25.4. The predicted molar refractivity (Wildman–Crippen MR) is 77.7 cm³/mol. The van der Waals surface area contributed by atoms with Gasteiger partial charge in [0.2, 0.25) is 0 Å². The Labute approximate surface area is 124 Å². The predicted octanol–water partition coefficient (Wildman–Crippen LogP) is 2.75. The number of hydrogen-bond acceptors (Lipinski definition) is 3. The summed E-state index contributed by atoms with van der Waals surface area (Å²) in [5, 5.41) is 9.22. The van der Waals surface area contributed by atoms with Crippen LogP contribution in [-0.4, -0.2) is 34.7 Å². The molecule has 21 heavy (non-hydrogen) atoms. The van der Waals surface area contributed by atoms with Crippen LogP contribution in [0.1, 0.15) is 25.8 Å². The first-order valence-corrected chi connectivity index (χ1v) is 7.19. The molecular formula is C16H21NO4. The summed E-state index contributed by atoms with van der Waals surface area (Å²) in [6, 6.07) is 9.43. The first-order chi connectivity index (χ1) is 9.99. The molecule has 1 fully saturated rings. The van der Waals surface area contributed by atoms with Crippen molar-refractivity contribution in [2.75, 3.05) is 6.54 Å². The van der Waals surface area contributed by atoms with Crippen molar-refractivity contribution >= 4 is 12.1 Å². The van der Waals surface area contributed by atoms with E-state index in [1.165, 1.54) is 4.90 Å². The maximum absolute atomic E-state index is 12.2. The molecule has 1 aliphatic rings. The number of rotatable bonds is 3. The average Bonchev–Trinajstić information content (AvgIpc) is 2.45. The second-order valence-corrected chi connectivity index (χ2v) is 5.70. The Morgan fingerprint density at radius 3 is 2.57 bits per heavy atom. The van der Waals surface area contributed by atoms with Crippen LogP contribution in [0.4, 0.5) is 4.79 Å². The highest BCUT2D eigenvalue weighted by Crippen LogP contribution is 2.28. The third-order valence-electron chi connectivity index (χ3n) is 4.08. The molecule has 0 aliphatic carbocycles. The molecule has 0 spiro atoms. The topological polar surface area (TPSA) is 66.8 Å². The number of hydrogen-bond donors (Lipinski definition) is 1. The summed E-state index contributed by atoms with van der Waals surface area (Å²) in [6.45, 7) is 4.27. The molecule has 1 amide bonds. The van der Waals surface area contributed by atoms with Crippen LogP contribution in [0.3, 0.4) is 0 Å². The summed E-state index contributed by atoms with van der Waals surface area (Å²) >= 11 is 0. The largest absolute Gasteiger partial charge is 0.481 e. The summed E-state index contributed by atoms with van der Waals surface area (Å²) in [5.74, 6) is -1.31. The molecule has 1 heterocycles. The molecule has 114 valence electrons. The number of carbonyl (C=O) groups excluding carboxylic acids is 1. The molecule has 5 heteroatoms. The van der Waals surface area contributed by atoms with Gasteiger partial charge in [0, 0.05) is 12.6 Å². The molecule has 0 saturated carbocycles. The summed E-state index contributed by atoms with van der Waals surface area (Å²) in [5.41, 5.74) is 0.915. The van der Waals surface area contributed by atoms with Gasteiger partial charge in [-0.15, -0.1) is 0 Å². The van der Waals surface area contributed by atoms with Crippen molar-refractivity contribution in [2.24, 2.45) is 11.8 Å². The summed E-state index contributed by atoms with van der Waals surface area (Å²) in [6.07, 6.45) is 0.238. The number of nitrogens with zero attached hydrogens (tertiary/aromatic N) is 1. The highest BCUT2D eigenvalue weighted by molar-refractivity contribution is 5.73. The Hall–Kier alpha value is -2.04. The van der Waals surface area contributed by atoms with Crippen LogP contribution in [0, 0.1) is 11.8 Å². The molecule has 0 aromatic heterocycles. The molecule has 0 radical (unpaired) electrons. The molecule has 5 nitrogen and oxygen atoms in total. The molecule has 3 atom stereocenters. The molecule has 1 saturated heterocycles. The third kappa shape index (κ3) is 3.74. The van der Waals surface area contributed by atoms with Crippen LogP contribution in [0.5, 0.6) is 0 Å². The van der Waals surface area contributed by atoms with Crippen molar-refractivity contribution in [3.63, 3.8) is 0 Å². The van der Waals surface area contributed by atoms with Crippen molar-refractivity contribution in [1.29, 1.82) is 0 Å². The standard InChI is InChI=1S/C16H21NO4/c1-11-8-12(2)17(9-14(11)15(18)19)16(20)21-10-13-6-4-3-5-7-13/h3-7,11-12,14H,8-10H2,1-2H3,(H,18,19). The van der Waals surface area contributed by atoms with E-state index in [9.17, 15) is 14.7 Å². The minimum Gasteiger partial charge on any atom is -0.481 e. The zero-order valence-corrected chi connectivity index (χ0v) is 12.4. The molecule has 1 aromatic carbocycles. The van der Waals surface area contributed by atoms with Gasteiger partial charge in [-0.1, -0.05) is 37.3 Å². The van der Waals surface area contributed by atoms with Crippen molar-refractivity contribution < 1.29 is 19.4 Å². The van der Waals surface area contributed by atoms with E-state index >= 15 is 0 Å². The molecular weight excluding hydrogens is 270 g/mol. The van der Waals surface area contributed by atoms with Crippen LogP contribution in [0.2, 0.25) is 0 Å². The van der Waals surface area contributed by atoms with Crippen LogP contribution in [0.25, 0.3) is 0 Å². The van der Waals surface area contributed by atoms with Crippen LogP contribution in [-0.2, 0) is 16.1 Å². The first kappa shape index (κ1) is 15.4. The van der Waals surface area contributed by atoms with Gasteiger partial charge in [0.05, 0.1) is 5.92 Å². The number of carboxylic acid groups (broad SMARTS) is 1. The summed E-state index contributed by atoms with van der Waals surface area (Å²) in [7, 11) is 0. The summed E-state index contributed by atoms with van der Waals surface area (Å²) < 4.78 is 5.30. The summed E-state index contributed by atoms with van der Waals surface area (Å²) in [4.78, 5) is 24.9. The lowest BCUT2D eigenvalue weighted by Crippen LogP contribution is -2.50. The fourth-order valence-corrected chi connectivity index (χ4v) is 2.78. The number of ether oxygens (including phenoxy) is 1. The number of amides is 1. The number of piperidine rings is 1. The lowest BCUT2D eigenvalue weighted by Gasteiger charge is -2.39. The molecule has 2 rings (SSSR count). The zero-order valence-electron chi connectivity index (χ0n) is 12.4. The van der Waals surface area contributed by atoms with Gasteiger partial charge in [-0.05, 0) is 24.8 Å². The fraction of sp³-hybridized carbons (Fsp3) is 0.500. The highest BCUT2D eigenvalue weighted by atomic mass is 16.6. The monoisotopic (exact) mass is 291 g/mol. The van der Waals surface area contributed by atoms with Crippen LogP contribution in [0.15, 0.2) is 30.3 Å². The zero-order chi connectivity index (χ0) is 15.4. The Morgan fingerprint density at radius 1 is 1.29 bits per heavy atom. The molecule has 0 bridgehead atoms. The number of likely N-dealkylation sites (tertiary alicyclic amines) is 1. The quantitative estimate of drug-likeness (QED) is 0.930. The fourth-order valence-electron chi connectivity index (χ4n) is 2.78. The highest BCUT2D eigenvalue weighted by Gasteiger charge is 2.38. The first-order valence-electron chi connectivity index (χ1n) is 7.19. The average molecular weight is 291 g/mol. The second-order valence-electron chi connectivity index (χ2n) is 5.70. The van der Waals surface area contributed by atoms with Crippen LogP contribution < -0.4 is 0 Å². The van der Waals surface area contributed by atoms with Gasteiger partial charge in [0.25, 0.3) is 0 Å². The number of benzene rings is 1. The van der Waals surface area contributed by atoms with Gasteiger partial charge in [-0.2, -0.15) is 0 Å². The van der Waals surface area contributed by atoms with Crippen LogP contribution >= 0.6 is 0 Å². The number of carboxylic acids is 1. The van der Waals surface area contributed by atoms with E-state index in [4.69, 9.17) is 4.74 Å². The Morgan fingerprint density at radius 2 is 1.95 bits per heavy atom. The maximum atomic E-state index is 12.2. The van der Waals surface area contributed by atoms with E-state index < -0.39 is 18.0 Å². The third-order valence-corrected chi connectivity index (χ3v) is 4.08. The van der Waals surface area contributed by atoms with E-state index in [2.05, 4.69) is 0 Å². The second kappa shape index (κ2) is 6.61. The number of carbonyl (C=O) groups is 2. The Balaban J connectivity index is 1.96. The van der Waals surface area contributed by atoms with Crippen molar-refractivity contribution in [3.05, 3.63) is 35.9 Å². The van der Waals surface area contributed by atoms with Crippen molar-refractivity contribution in [2.45, 2.75) is 32.9 Å². The number of aliphatic carboxylic acids is 1. The lowest BCUT2D eigenvalue weighted by atomic mass is 9.84. The molecule has 1 N–H and O–H groups in total. The van der Waals surface area contributed by atoms with E-state index in [1.807, 2.05) is 44.2 Å². The van der Waals surface area contributed by atoms with Crippen molar-refractivity contribution in [3.8, 4) is 0 Å². The van der Waals surface area contributed by atoms with Gasteiger partial charge in [-0.25, -0.2) is 4.79 Å². The van der Waals surface area contributed by atoms with Gasteiger partial charge >= 0.3 is 12.1 Å². The lowest BCUT2D eigenvalue weighted by molar-refractivity contribution is -0.146. The Bertz CT molecular complexity index is 502. The minimum atomic E-state index is -0.852. The van der Waals surface area contributed by atoms with Gasteiger partial charge in [-0.3, -0.25) is 4.79 Å². The Kier molecular flexibility index (Phi) is 4.83. The van der Waals surface area contributed by atoms with E-state index in [0.29, 0.717) is 6.42 Å². The molecule has 1 aliphatic heterocycles. The van der Waals surface area contributed by atoms with Gasteiger partial charge in [0.1, 0.15) is 6.61 Å². The maximum Gasteiger partial charge on any atom is 0.410 e. The van der Waals surface area contributed by atoms with Gasteiger partial charge < -0.3 is 14.7 Å². The van der Waals surface area contributed by atoms with Crippen molar-refractivity contribution in [1.82, 2.24) is 4.90 Å². The SMILES string of the molecule is CC1CC(C)N(C(=O)OCc2ccccc2)CC1C(=O)O.